The highest BCUT2D eigenvalue weighted by Gasteiger charge is 2.22. The molecule has 1 aromatic carbocycles. The van der Waals surface area contributed by atoms with Gasteiger partial charge in [0.25, 0.3) is 0 Å². The number of carbonyl (C=O) groups is 2. The summed E-state index contributed by atoms with van der Waals surface area (Å²) >= 11 is 0. The van der Waals surface area contributed by atoms with Crippen molar-refractivity contribution in [2.45, 2.75) is 33.3 Å². The van der Waals surface area contributed by atoms with Gasteiger partial charge >= 0.3 is 11.9 Å². The summed E-state index contributed by atoms with van der Waals surface area (Å²) in [6.45, 7) is 6.77. The first kappa shape index (κ1) is 16.8. The van der Waals surface area contributed by atoms with E-state index in [1.807, 2.05) is 0 Å². The van der Waals surface area contributed by atoms with Crippen LogP contribution in [0, 0.1) is 6.92 Å². The topological polar surface area (TPSA) is 90.5 Å². The van der Waals surface area contributed by atoms with Crippen LogP contribution in [0.15, 0.2) is 12.1 Å². The van der Waals surface area contributed by atoms with Crippen LogP contribution in [0.2, 0.25) is 0 Å². The Kier molecular flexibility index (Phi) is 4.58. The second-order valence-corrected chi connectivity index (χ2v) is 6.02. The molecule has 1 heterocycles. The Morgan fingerprint density at radius 2 is 1.96 bits per heavy atom. The van der Waals surface area contributed by atoms with Gasteiger partial charge in [-0.05, 0) is 39.8 Å². The summed E-state index contributed by atoms with van der Waals surface area (Å²) in [5.41, 5.74) is 0.705. The van der Waals surface area contributed by atoms with Crippen molar-refractivity contribution < 1.29 is 23.8 Å². The first-order valence-corrected chi connectivity index (χ1v) is 7.13. The molecule has 124 valence electrons. The number of hydrogen-bond acceptors (Lipinski definition) is 6. The summed E-state index contributed by atoms with van der Waals surface area (Å²) in [5, 5.41) is 0. The van der Waals surface area contributed by atoms with E-state index in [1.54, 1.807) is 39.8 Å². The fraction of sp³-hybridized carbons (Fsp3) is 0.438. The zero-order chi connectivity index (χ0) is 17.2. The number of nitrogens with zero attached hydrogens (tertiary/aromatic N) is 1. The Morgan fingerprint density at radius 1 is 1.26 bits per heavy atom. The first-order valence-electron chi connectivity index (χ1n) is 7.13. The fourth-order valence-electron chi connectivity index (χ4n) is 2.11. The minimum absolute atomic E-state index is 0.179. The molecular weight excluding hydrogens is 300 g/mol. The minimum atomic E-state index is -0.602. The second kappa shape index (κ2) is 6.28. The molecule has 0 atom stereocenters. The number of rotatable bonds is 4. The van der Waals surface area contributed by atoms with Crippen LogP contribution in [0.4, 0.5) is 0 Å². The predicted molar refractivity (Wildman–Crippen MR) is 83.5 cm³/mol. The SMILES string of the molecule is COC(=O)c1c(OCC(=O)OC(C)(C)C)ccc2[nH]c(C)nc12. The van der Waals surface area contributed by atoms with Gasteiger partial charge in [0, 0.05) is 0 Å². The van der Waals surface area contributed by atoms with Crippen LogP contribution >= 0.6 is 0 Å². The zero-order valence-electron chi connectivity index (χ0n) is 13.9. The van der Waals surface area contributed by atoms with Gasteiger partial charge in [0.1, 0.15) is 28.3 Å². The maximum absolute atomic E-state index is 12.1. The number of carbonyl (C=O) groups excluding carboxylic acids is 2. The summed E-state index contributed by atoms with van der Waals surface area (Å²) in [4.78, 5) is 31.1. The monoisotopic (exact) mass is 320 g/mol. The number of ether oxygens (including phenoxy) is 3. The lowest BCUT2D eigenvalue weighted by Crippen LogP contribution is -2.27. The highest BCUT2D eigenvalue weighted by Crippen LogP contribution is 2.27. The number of fused-ring (bicyclic) bond motifs is 1. The lowest BCUT2D eigenvalue weighted by Gasteiger charge is -2.19. The van der Waals surface area contributed by atoms with E-state index >= 15 is 0 Å². The van der Waals surface area contributed by atoms with Crippen molar-refractivity contribution in [3.8, 4) is 5.75 Å². The molecule has 0 aliphatic heterocycles. The third-order valence-corrected chi connectivity index (χ3v) is 2.89. The smallest absolute Gasteiger partial charge is 0.344 e. The Hall–Kier alpha value is -2.57. The molecule has 0 bridgehead atoms. The number of aromatic nitrogens is 2. The second-order valence-electron chi connectivity index (χ2n) is 6.02. The average molecular weight is 320 g/mol. The third-order valence-electron chi connectivity index (χ3n) is 2.89. The average Bonchev–Trinajstić information content (AvgIpc) is 2.82. The van der Waals surface area contributed by atoms with Crippen LogP contribution in [-0.4, -0.2) is 41.2 Å². The Bertz CT molecular complexity index is 743. The molecule has 0 aliphatic rings. The lowest BCUT2D eigenvalue weighted by molar-refractivity contribution is -0.157. The van der Waals surface area contributed by atoms with Crippen molar-refractivity contribution in [1.29, 1.82) is 0 Å². The van der Waals surface area contributed by atoms with Crippen molar-refractivity contribution in [3.05, 3.63) is 23.5 Å². The van der Waals surface area contributed by atoms with Gasteiger partial charge in [0.2, 0.25) is 0 Å². The lowest BCUT2D eigenvalue weighted by atomic mass is 10.1. The maximum Gasteiger partial charge on any atom is 0.344 e. The summed E-state index contributed by atoms with van der Waals surface area (Å²) in [7, 11) is 1.28. The number of nitrogens with one attached hydrogen (secondary N) is 1. The molecule has 7 heteroatoms. The molecule has 0 fully saturated rings. The summed E-state index contributed by atoms with van der Waals surface area (Å²) in [5.74, 6) is -0.218. The van der Waals surface area contributed by atoms with E-state index in [4.69, 9.17) is 14.2 Å². The number of methoxy groups -OCH3 is 1. The van der Waals surface area contributed by atoms with Gasteiger partial charge in [-0.3, -0.25) is 0 Å². The number of H-pyrrole nitrogens is 1. The highest BCUT2D eigenvalue weighted by molar-refractivity contribution is 6.04. The van der Waals surface area contributed by atoms with Gasteiger partial charge in [-0.1, -0.05) is 0 Å². The molecule has 1 aromatic heterocycles. The minimum Gasteiger partial charge on any atom is -0.481 e. The summed E-state index contributed by atoms with van der Waals surface area (Å²) < 4.78 is 15.4. The van der Waals surface area contributed by atoms with Gasteiger partial charge in [-0.15, -0.1) is 0 Å². The van der Waals surface area contributed by atoms with Crippen LogP contribution in [0.3, 0.4) is 0 Å². The van der Waals surface area contributed by atoms with Crippen LogP contribution in [-0.2, 0) is 14.3 Å². The highest BCUT2D eigenvalue weighted by atomic mass is 16.6. The molecule has 0 saturated carbocycles. The number of aromatic amines is 1. The van der Waals surface area contributed by atoms with Gasteiger partial charge in [-0.25, -0.2) is 14.6 Å². The molecular formula is C16H20N2O5. The molecule has 2 aromatic rings. The third kappa shape index (κ3) is 4.00. The Morgan fingerprint density at radius 3 is 2.57 bits per heavy atom. The Labute approximate surface area is 133 Å². The normalized spacial score (nSPS) is 11.3. The van der Waals surface area contributed by atoms with E-state index in [0.717, 1.165) is 0 Å². The van der Waals surface area contributed by atoms with Crippen LogP contribution < -0.4 is 4.74 Å². The van der Waals surface area contributed by atoms with E-state index in [0.29, 0.717) is 16.9 Å². The zero-order valence-corrected chi connectivity index (χ0v) is 13.9. The standard InChI is InChI=1S/C16H20N2O5/c1-9-17-10-6-7-11(13(14(10)18-9)15(20)21-5)22-8-12(19)23-16(2,3)4/h6-7H,8H2,1-5H3,(H,17,18). The van der Waals surface area contributed by atoms with Crippen molar-refractivity contribution in [1.82, 2.24) is 9.97 Å². The molecule has 0 saturated heterocycles. The maximum atomic E-state index is 12.1. The van der Waals surface area contributed by atoms with Gasteiger partial charge in [0.05, 0.1) is 12.6 Å². The van der Waals surface area contributed by atoms with E-state index in [1.165, 1.54) is 7.11 Å². The van der Waals surface area contributed by atoms with Gasteiger partial charge < -0.3 is 19.2 Å². The van der Waals surface area contributed by atoms with E-state index < -0.39 is 17.5 Å². The molecule has 23 heavy (non-hydrogen) atoms. The summed E-state index contributed by atoms with van der Waals surface area (Å²) in [6.07, 6.45) is 0. The number of aryl methyl sites for hydroxylation is 1. The van der Waals surface area contributed by atoms with E-state index in [-0.39, 0.29) is 17.9 Å². The van der Waals surface area contributed by atoms with Gasteiger partial charge in [0.15, 0.2) is 6.61 Å². The van der Waals surface area contributed by atoms with Crippen molar-refractivity contribution in [2.75, 3.05) is 13.7 Å². The molecule has 0 spiro atoms. The first-order chi connectivity index (χ1) is 10.7. The van der Waals surface area contributed by atoms with Crippen molar-refractivity contribution in [2.24, 2.45) is 0 Å². The largest absolute Gasteiger partial charge is 0.481 e. The quantitative estimate of drug-likeness (QED) is 0.870. The number of hydrogen-bond donors (Lipinski definition) is 1. The molecule has 1 N–H and O–H groups in total. The van der Waals surface area contributed by atoms with Crippen LogP contribution in [0.5, 0.6) is 5.75 Å². The predicted octanol–water partition coefficient (Wildman–Crippen LogP) is 2.38. The number of esters is 2. The molecule has 0 unspecified atom stereocenters. The van der Waals surface area contributed by atoms with Crippen LogP contribution in [0.25, 0.3) is 11.0 Å². The summed E-state index contributed by atoms with van der Waals surface area (Å²) in [6, 6.07) is 3.32. The number of imidazole rings is 1. The molecule has 7 nitrogen and oxygen atoms in total. The van der Waals surface area contributed by atoms with Gasteiger partial charge in [-0.2, -0.15) is 0 Å². The van der Waals surface area contributed by atoms with E-state index in [2.05, 4.69) is 9.97 Å². The number of benzene rings is 1. The fourth-order valence-corrected chi connectivity index (χ4v) is 2.11. The molecule has 0 amide bonds. The van der Waals surface area contributed by atoms with Crippen molar-refractivity contribution >= 4 is 23.0 Å². The van der Waals surface area contributed by atoms with E-state index in [9.17, 15) is 9.59 Å². The molecule has 2 rings (SSSR count). The molecule has 0 aliphatic carbocycles. The van der Waals surface area contributed by atoms with Crippen molar-refractivity contribution in [3.63, 3.8) is 0 Å². The van der Waals surface area contributed by atoms with Crippen LogP contribution in [0.1, 0.15) is 37.0 Å². The molecule has 0 radical (unpaired) electrons. The Balaban J connectivity index is 2.29.